The Balaban J connectivity index is 2.41. The summed E-state index contributed by atoms with van der Waals surface area (Å²) in [6.07, 6.45) is 0. The first-order chi connectivity index (χ1) is 8.61. The highest BCUT2D eigenvalue weighted by Crippen LogP contribution is 2.31. The molecule has 0 fully saturated rings. The molecular weight excluding hydrogens is 342 g/mol. The minimum Gasteiger partial charge on any atom is -0.397 e. The molecule has 94 valence electrons. The van der Waals surface area contributed by atoms with Crippen LogP contribution in [-0.2, 0) is 0 Å². The van der Waals surface area contributed by atoms with E-state index in [0.717, 1.165) is 27.2 Å². The molecule has 0 radical (unpaired) electrons. The van der Waals surface area contributed by atoms with E-state index >= 15 is 0 Å². The molecule has 2 N–H and O–H groups in total. The highest BCUT2D eigenvalue weighted by atomic mass is 127. The zero-order valence-electron chi connectivity index (χ0n) is 10.0. The fourth-order valence-corrected chi connectivity index (χ4v) is 2.40. The van der Waals surface area contributed by atoms with Crippen LogP contribution < -0.4 is 10.6 Å². The van der Waals surface area contributed by atoms with Crippen LogP contribution in [0.15, 0.2) is 42.5 Å². The smallest absolute Gasteiger partial charge is 0.123 e. The number of hydrogen-bond acceptors (Lipinski definition) is 2. The van der Waals surface area contributed by atoms with E-state index in [9.17, 15) is 4.39 Å². The van der Waals surface area contributed by atoms with Gasteiger partial charge in [-0.25, -0.2) is 4.39 Å². The zero-order chi connectivity index (χ0) is 13.1. The Bertz CT molecular complexity index is 540. The molecule has 2 rings (SSSR count). The third-order valence-electron chi connectivity index (χ3n) is 2.73. The maximum absolute atomic E-state index is 12.9. The van der Waals surface area contributed by atoms with Gasteiger partial charge in [0, 0.05) is 15.8 Å². The van der Waals surface area contributed by atoms with Crippen LogP contribution in [-0.4, -0.2) is 6.54 Å². The van der Waals surface area contributed by atoms with E-state index in [0.29, 0.717) is 0 Å². The molecule has 0 aromatic heterocycles. The van der Waals surface area contributed by atoms with Gasteiger partial charge in [-0.15, -0.1) is 0 Å². The van der Waals surface area contributed by atoms with E-state index in [4.69, 9.17) is 5.73 Å². The third kappa shape index (κ3) is 2.75. The average Bonchev–Trinajstić information content (AvgIpc) is 2.35. The average molecular weight is 356 g/mol. The molecule has 18 heavy (non-hydrogen) atoms. The van der Waals surface area contributed by atoms with Crippen molar-refractivity contribution in [3.8, 4) is 0 Å². The second-order valence-electron chi connectivity index (χ2n) is 3.92. The molecular formula is C14H14FIN2. The van der Waals surface area contributed by atoms with Gasteiger partial charge >= 0.3 is 0 Å². The molecule has 4 heteroatoms. The van der Waals surface area contributed by atoms with E-state index in [1.54, 1.807) is 12.1 Å². The van der Waals surface area contributed by atoms with Crippen molar-refractivity contribution in [3.63, 3.8) is 0 Å². The number of benzene rings is 2. The van der Waals surface area contributed by atoms with Crippen molar-refractivity contribution in [1.82, 2.24) is 0 Å². The summed E-state index contributed by atoms with van der Waals surface area (Å²) in [5.74, 6) is -0.231. The Labute approximate surface area is 120 Å². The van der Waals surface area contributed by atoms with E-state index < -0.39 is 0 Å². The van der Waals surface area contributed by atoms with E-state index in [2.05, 4.69) is 27.5 Å². The standard InChI is InChI=1S/C14H14FIN2/c1-2-18(12-6-3-10(15)4-7-12)14-8-5-11(16)9-13(14)17/h3-9H,2,17H2,1H3. The first kappa shape index (κ1) is 13.1. The monoisotopic (exact) mass is 356 g/mol. The molecule has 2 nitrogen and oxygen atoms in total. The Morgan fingerprint density at radius 2 is 1.83 bits per heavy atom. The number of hydrogen-bond donors (Lipinski definition) is 1. The number of halogens is 2. The topological polar surface area (TPSA) is 29.3 Å². The van der Waals surface area contributed by atoms with Gasteiger partial charge in [0.1, 0.15) is 5.82 Å². The van der Waals surface area contributed by atoms with Gasteiger partial charge in [0.25, 0.3) is 0 Å². The minimum absolute atomic E-state index is 0.231. The van der Waals surface area contributed by atoms with Crippen molar-refractivity contribution in [2.24, 2.45) is 0 Å². The second kappa shape index (κ2) is 5.56. The third-order valence-corrected chi connectivity index (χ3v) is 3.41. The van der Waals surface area contributed by atoms with Crippen molar-refractivity contribution in [1.29, 1.82) is 0 Å². The van der Waals surface area contributed by atoms with Gasteiger partial charge in [-0.2, -0.15) is 0 Å². The normalized spacial score (nSPS) is 10.4. The molecule has 0 spiro atoms. The van der Waals surface area contributed by atoms with Crippen molar-refractivity contribution in [2.75, 3.05) is 17.2 Å². The van der Waals surface area contributed by atoms with Crippen LogP contribution in [0.3, 0.4) is 0 Å². The molecule has 0 atom stereocenters. The molecule has 0 aliphatic rings. The maximum Gasteiger partial charge on any atom is 0.123 e. The van der Waals surface area contributed by atoms with Crippen LogP contribution in [0.1, 0.15) is 6.92 Å². The molecule has 0 saturated heterocycles. The summed E-state index contributed by atoms with van der Waals surface area (Å²) in [7, 11) is 0. The Morgan fingerprint density at radius 3 is 2.39 bits per heavy atom. The van der Waals surface area contributed by atoms with Gasteiger partial charge < -0.3 is 10.6 Å². The Morgan fingerprint density at radius 1 is 1.17 bits per heavy atom. The summed E-state index contributed by atoms with van der Waals surface area (Å²) in [6, 6.07) is 12.4. The quantitative estimate of drug-likeness (QED) is 0.661. The minimum atomic E-state index is -0.231. The molecule has 0 heterocycles. The maximum atomic E-state index is 12.9. The van der Waals surface area contributed by atoms with Crippen LogP contribution in [0.2, 0.25) is 0 Å². The van der Waals surface area contributed by atoms with E-state index in [1.165, 1.54) is 12.1 Å². The van der Waals surface area contributed by atoms with Crippen LogP contribution in [0.25, 0.3) is 0 Å². The first-order valence-corrected chi connectivity index (χ1v) is 6.78. The molecule has 2 aromatic rings. The van der Waals surface area contributed by atoms with Gasteiger partial charge in [-0.1, -0.05) is 0 Å². The summed E-state index contributed by atoms with van der Waals surface area (Å²) in [4.78, 5) is 2.06. The lowest BCUT2D eigenvalue weighted by molar-refractivity contribution is 0.628. The highest BCUT2D eigenvalue weighted by molar-refractivity contribution is 14.1. The number of rotatable bonds is 3. The van der Waals surface area contributed by atoms with Crippen LogP contribution >= 0.6 is 22.6 Å². The second-order valence-corrected chi connectivity index (χ2v) is 5.17. The van der Waals surface area contributed by atoms with Gasteiger partial charge in [-0.3, -0.25) is 0 Å². The van der Waals surface area contributed by atoms with Gasteiger partial charge in [0.05, 0.1) is 11.4 Å². The predicted molar refractivity (Wildman–Crippen MR) is 82.7 cm³/mol. The van der Waals surface area contributed by atoms with Gasteiger partial charge in [0.15, 0.2) is 0 Å². The number of nitrogen functional groups attached to an aromatic ring is 1. The van der Waals surface area contributed by atoms with E-state index in [1.807, 2.05) is 25.1 Å². The van der Waals surface area contributed by atoms with Crippen LogP contribution in [0, 0.1) is 9.39 Å². The molecule has 0 aliphatic heterocycles. The summed E-state index contributed by atoms with van der Waals surface area (Å²) in [5, 5.41) is 0. The lowest BCUT2D eigenvalue weighted by Crippen LogP contribution is -2.17. The summed E-state index contributed by atoms with van der Waals surface area (Å²) >= 11 is 2.23. The van der Waals surface area contributed by atoms with E-state index in [-0.39, 0.29) is 5.82 Å². The molecule has 0 saturated carbocycles. The Hall–Kier alpha value is -1.30. The summed E-state index contributed by atoms with van der Waals surface area (Å²) < 4.78 is 14.0. The van der Waals surface area contributed by atoms with Crippen molar-refractivity contribution in [3.05, 3.63) is 51.9 Å². The lowest BCUT2D eigenvalue weighted by Gasteiger charge is -2.24. The summed E-state index contributed by atoms with van der Waals surface area (Å²) in [5.41, 5.74) is 8.66. The fraction of sp³-hybridized carbons (Fsp3) is 0.143. The van der Waals surface area contributed by atoms with Gasteiger partial charge in [0.2, 0.25) is 0 Å². The van der Waals surface area contributed by atoms with Crippen molar-refractivity contribution >= 4 is 39.7 Å². The van der Waals surface area contributed by atoms with Crippen molar-refractivity contribution < 1.29 is 4.39 Å². The molecule has 0 amide bonds. The Kier molecular flexibility index (Phi) is 4.06. The highest BCUT2D eigenvalue weighted by Gasteiger charge is 2.10. The number of nitrogens with zero attached hydrogens (tertiary/aromatic N) is 1. The van der Waals surface area contributed by atoms with Crippen LogP contribution in [0.4, 0.5) is 21.5 Å². The van der Waals surface area contributed by atoms with Crippen molar-refractivity contribution in [2.45, 2.75) is 6.92 Å². The lowest BCUT2D eigenvalue weighted by atomic mass is 10.2. The number of anilines is 3. The SMILES string of the molecule is CCN(c1ccc(F)cc1)c1ccc(I)cc1N. The largest absolute Gasteiger partial charge is 0.397 e. The van der Waals surface area contributed by atoms with Gasteiger partial charge in [-0.05, 0) is 72.0 Å². The van der Waals surface area contributed by atoms with Crippen LogP contribution in [0.5, 0.6) is 0 Å². The molecule has 0 unspecified atom stereocenters. The first-order valence-electron chi connectivity index (χ1n) is 5.70. The molecule has 0 aliphatic carbocycles. The molecule has 2 aromatic carbocycles. The molecule has 0 bridgehead atoms. The predicted octanol–water partition coefficient (Wildman–Crippen LogP) is 4.17. The number of nitrogens with two attached hydrogens (primary N) is 1. The summed E-state index contributed by atoms with van der Waals surface area (Å²) in [6.45, 7) is 2.82. The zero-order valence-corrected chi connectivity index (χ0v) is 12.2. The fourth-order valence-electron chi connectivity index (χ4n) is 1.88.